The highest BCUT2D eigenvalue weighted by atomic mass is 32.2. The van der Waals surface area contributed by atoms with E-state index in [-0.39, 0.29) is 28.4 Å². The van der Waals surface area contributed by atoms with Gasteiger partial charge in [-0.25, -0.2) is 12.8 Å². The minimum absolute atomic E-state index is 0.104. The number of hydrogen-bond acceptors (Lipinski definition) is 4. The van der Waals surface area contributed by atoms with E-state index in [0.717, 1.165) is 23.6 Å². The minimum Gasteiger partial charge on any atom is -0.349 e. The summed E-state index contributed by atoms with van der Waals surface area (Å²) in [6.07, 6.45) is 1.15. The fourth-order valence-electron chi connectivity index (χ4n) is 2.08. The molecular formula is C17H18FNO3S2. The van der Waals surface area contributed by atoms with Gasteiger partial charge in [0.15, 0.2) is 9.84 Å². The van der Waals surface area contributed by atoms with Crippen molar-refractivity contribution in [2.24, 2.45) is 0 Å². The second-order valence-corrected chi connectivity index (χ2v) is 8.38. The van der Waals surface area contributed by atoms with Crippen molar-refractivity contribution in [3.05, 3.63) is 59.9 Å². The third-order valence-corrected chi connectivity index (χ3v) is 5.56. The lowest BCUT2D eigenvalue weighted by Gasteiger charge is -2.14. The van der Waals surface area contributed by atoms with Crippen LogP contribution in [0.3, 0.4) is 0 Å². The molecule has 0 saturated heterocycles. The Kier molecular flexibility index (Phi) is 6.01. The maximum atomic E-state index is 13.5. The zero-order valence-corrected chi connectivity index (χ0v) is 15.0. The lowest BCUT2D eigenvalue weighted by atomic mass is 10.1. The summed E-state index contributed by atoms with van der Waals surface area (Å²) in [6, 6.07) is 12.4. The Morgan fingerprint density at radius 2 is 1.79 bits per heavy atom. The predicted octanol–water partition coefficient (Wildman–Crippen LogP) is 3.20. The van der Waals surface area contributed by atoms with Crippen LogP contribution in [0.4, 0.5) is 4.39 Å². The molecule has 0 fully saturated rings. The fourth-order valence-corrected chi connectivity index (χ4v) is 3.46. The van der Waals surface area contributed by atoms with Gasteiger partial charge in [0.25, 0.3) is 0 Å². The summed E-state index contributed by atoms with van der Waals surface area (Å²) >= 11 is 1.13. The lowest BCUT2D eigenvalue weighted by Crippen LogP contribution is -2.28. The van der Waals surface area contributed by atoms with Crippen molar-refractivity contribution < 1.29 is 17.6 Å². The Hall–Kier alpha value is -1.86. The van der Waals surface area contributed by atoms with Crippen molar-refractivity contribution in [1.82, 2.24) is 5.32 Å². The van der Waals surface area contributed by atoms with E-state index in [1.165, 1.54) is 18.2 Å². The number of rotatable bonds is 6. The van der Waals surface area contributed by atoms with Crippen molar-refractivity contribution in [2.45, 2.75) is 22.8 Å². The van der Waals surface area contributed by atoms with Crippen molar-refractivity contribution in [2.75, 3.05) is 12.0 Å². The molecule has 0 aliphatic heterocycles. The van der Waals surface area contributed by atoms with Crippen molar-refractivity contribution >= 4 is 27.5 Å². The minimum atomic E-state index is -3.24. The van der Waals surface area contributed by atoms with E-state index in [1.54, 1.807) is 37.3 Å². The first kappa shape index (κ1) is 18.5. The molecule has 4 nitrogen and oxygen atoms in total. The Bertz CT molecular complexity index is 820. The number of benzene rings is 2. The SMILES string of the molecule is CC(NC(=O)CSc1ccccc1F)c1ccc(S(C)(=O)=O)cc1. The Morgan fingerprint density at radius 1 is 1.17 bits per heavy atom. The van der Waals surface area contributed by atoms with Crippen LogP contribution in [0.5, 0.6) is 0 Å². The summed E-state index contributed by atoms with van der Waals surface area (Å²) in [5, 5.41) is 2.81. The molecule has 0 saturated carbocycles. The summed E-state index contributed by atoms with van der Waals surface area (Å²) in [5.74, 6) is -0.463. The molecule has 128 valence electrons. The summed E-state index contributed by atoms with van der Waals surface area (Å²) in [4.78, 5) is 12.7. The number of carbonyl (C=O) groups excluding carboxylic acids is 1. The van der Waals surface area contributed by atoms with Crippen LogP contribution < -0.4 is 5.32 Å². The molecule has 7 heteroatoms. The average Bonchev–Trinajstić information content (AvgIpc) is 2.53. The molecule has 2 rings (SSSR count). The van der Waals surface area contributed by atoms with Gasteiger partial charge in [0.2, 0.25) is 5.91 Å². The number of sulfone groups is 1. The molecule has 2 aromatic rings. The first-order valence-corrected chi connectivity index (χ1v) is 10.1. The number of nitrogens with one attached hydrogen (secondary N) is 1. The van der Waals surface area contributed by atoms with Gasteiger partial charge in [-0.1, -0.05) is 24.3 Å². The summed E-state index contributed by atoms with van der Waals surface area (Å²) in [6.45, 7) is 1.81. The van der Waals surface area contributed by atoms with E-state index in [2.05, 4.69) is 5.32 Å². The average molecular weight is 367 g/mol. The molecular weight excluding hydrogens is 349 g/mol. The molecule has 0 spiro atoms. The molecule has 1 unspecified atom stereocenters. The van der Waals surface area contributed by atoms with Crippen LogP contribution in [0.1, 0.15) is 18.5 Å². The van der Waals surface area contributed by atoms with E-state index in [1.807, 2.05) is 0 Å². The van der Waals surface area contributed by atoms with Gasteiger partial charge in [0.05, 0.1) is 16.7 Å². The number of carbonyl (C=O) groups is 1. The van der Waals surface area contributed by atoms with Gasteiger partial charge in [-0.05, 0) is 36.8 Å². The van der Waals surface area contributed by atoms with Gasteiger partial charge in [-0.3, -0.25) is 4.79 Å². The molecule has 2 aromatic carbocycles. The zero-order chi connectivity index (χ0) is 17.7. The quantitative estimate of drug-likeness (QED) is 0.797. The zero-order valence-electron chi connectivity index (χ0n) is 13.3. The van der Waals surface area contributed by atoms with Crippen LogP contribution in [-0.2, 0) is 14.6 Å². The highest BCUT2D eigenvalue weighted by Crippen LogP contribution is 2.21. The molecule has 0 bridgehead atoms. The highest BCUT2D eigenvalue weighted by Gasteiger charge is 2.12. The molecule has 0 radical (unpaired) electrons. The highest BCUT2D eigenvalue weighted by molar-refractivity contribution is 8.00. The third kappa shape index (κ3) is 5.07. The van der Waals surface area contributed by atoms with Gasteiger partial charge in [-0.2, -0.15) is 0 Å². The molecule has 1 amide bonds. The van der Waals surface area contributed by atoms with Crippen LogP contribution in [0.15, 0.2) is 58.3 Å². The van der Waals surface area contributed by atoms with Crippen LogP contribution in [-0.4, -0.2) is 26.3 Å². The number of amides is 1. The standard InChI is InChI=1S/C17H18FNO3S2/c1-12(13-7-9-14(10-8-13)24(2,21)22)19-17(20)11-23-16-6-4-3-5-15(16)18/h3-10,12H,11H2,1-2H3,(H,19,20). The van der Waals surface area contributed by atoms with Gasteiger partial charge in [0, 0.05) is 11.2 Å². The van der Waals surface area contributed by atoms with E-state index in [4.69, 9.17) is 0 Å². The summed E-state index contributed by atoms with van der Waals surface area (Å²) in [5.41, 5.74) is 0.798. The predicted molar refractivity (Wildman–Crippen MR) is 93.2 cm³/mol. The van der Waals surface area contributed by atoms with Crippen molar-refractivity contribution in [3.63, 3.8) is 0 Å². The van der Waals surface area contributed by atoms with Gasteiger partial charge in [0.1, 0.15) is 5.82 Å². The van der Waals surface area contributed by atoms with E-state index >= 15 is 0 Å². The van der Waals surface area contributed by atoms with Crippen LogP contribution in [0, 0.1) is 5.82 Å². The van der Waals surface area contributed by atoms with E-state index in [9.17, 15) is 17.6 Å². The van der Waals surface area contributed by atoms with Crippen molar-refractivity contribution in [3.8, 4) is 0 Å². The second kappa shape index (κ2) is 7.81. The van der Waals surface area contributed by atoms with Gasteiger partial charge in [-0.15, -0.1) is 11.8 Å². The lowest BCUT2D eigenvalue weighted by molar-refractivity contribution is -0.119. The molecule has 0 aliphatic rings. The fraction of sp³-hybridized carbons (Fsp3) is 0.235. The molecule has 0 aliphatic carbocycles. The van der Waals surface area contributed by atoms with Crippen molar-refractivity contribution in [1.29, 1.82) is 0 Å². The molecule has 0 aromatic heterocycles. The van der Waals surface area contributed by atoms with Crippen LogP contribution in [0.2, 0.25) is 0 Å². The maximum Gasteiger partial charge on any atom is 0.230 e. The number of halogens is 1. The molecule has 0 heterocycles. The molecule has 1 N–H and O–H groups in total. The maximum absolute atomic E-state index is 13.5. The number of thioether (sulfide) groups is 1. The summed E-state index contributed by atoms with van der Waals surface area (Å²) in [7, 11) is -3.24. The monoisotopic (exact) mass is 367 g/mol. The normalized spacial score (nSPS) is 12.6. The molecule has 24 heavy (non-hydrogen) atoms. The van der Waals surface area contributed by atoms with Crippen LogP contribution in [0.25, 0.3) is 0 Å². The summed E-state index contributed by atoms with van der Waals surface area (Å²) < 4.78 is 36.4. The first-order chi connectivity index (χ1) is 11.3. The Morgan fingerprint density at radius 3 is 2.38 bits per heavy atom. The van der Waals surface area contributed by atoms with Gasteiger partial charge < -0.3 is 5.32 Å². The number of hydrogen-bond donors (Lipinski definition) is 1. The topological polar surface area (TPSA) is 63.2 Å². The first-order valence-electron chi connectivity index (χ1n) is 7.24. The van der Waals surface area contributed by atoms with Crippen LogP contribution >= 0.6 is 11.8 Å². The smallest absolute Gasteiger partial charge is 0.230 e. The van der Waals surface area contributed by atoms with Gasteiger partial charge >= 0.3 is 0 Å². The largest absolute Gasteiger partial charge is 0.349 e. The van der Waals surface area contributed by atoms with E-state index in [0.29, 0.717) is 4.90 Å². The Labute approximate surface area is 145 Å². The molecule has 1 atom stereocenters. The third-order valence-electron chi connectivity index (χ3n) is 3.38. The Balaban J connectivity index is 1.93. The van der Waals surface area contributed by atoms with E-state index < -0.39 is 9.84 Å². The second-order valence-electron chi connectivity index (χ2n) is 5.35.